The van der Waals surface area contributed by atoms with Gasteiger partial charge in [-0.1, -0.05) is 163 Å². The Morgan fingerprint density at radius 2 is 0.878 bits per heavy atom. The number of alkyl carbamates (subject to hydrolysis) is 1. The second-order valence-electron chi connectivity index (χ2n) is 15.7. The molecule has 0 fully saturated rings. The number of carbonyl (C=O) groups excluding carboxylic acids is 2. The number of hydrogen-bond acceptors (Lipinski definition) is 5. The van der Waals surface area contributed by atoms with Crippen LogP contribution in [0.15, 0.2) is 121 Å². The third kappa shape index (κ3) is 8.25. The number of rotatable bonds is 10. The van der Waals surface area contributed by atoms with Crippen LogP contribution in [0, 0.1) is 0 Å². The second-order valence-corrected chi connectivity index (χ2v) is 24.2. The summed E-state index contributed by atoms with van der Waals surface area (Å²) in [5.41, 5.74) is -0.779. The summed E-state index contributed by atoms with van der Waals surface area (Å²) in [6.07, 6.45) is -1.51. The van der Waals surface area contributed by atoms with Crippen molar-refractivity contribution in [2.75, 3.05) is 0 Å². The van der Waals surface area contributed by atoms with Crippen LogP contribution in [0.1, 0.15) is 69.2 Å². The van der Waals surface area contributed by atoms with Crippen LogP contribution in [0.5, 0.6) is 0 Å². The van der Waals surface area contributed by atoms with Crippen LogP contribution in [0.3, 0.4) is 0 Å². The third-order valence-corrected chi connectivity index (χ3v) is 18.9. The minimum Gasteiger partial charge on any atom is -0.508 e. The Morgan fingerprint density at radius 3 is 1.18 bits per heavy atom. The lowest BCUT2D eigenvalue weighted by molar-refractivity contribution is -0.140. The molecular formula is C41H53NO5Si2. The van der Waals surface area contributed by atoms with E-state index in [-0.39, 0.29) is 5.04 Å². The monoisotopic (exact) mass is 695 g/mol. The van der Waals surface area contributed by atoms with Crippen molar-refractivity contribution in [3.63, 3.8) is 0 Å². The number of amides is 1. The summed E-state index contributed by atoms with van der Waals surface area (Å²) in [4.78, 5) is 28.5. The Hall–Kier alpha value is -3.99. The fourth-order valence-corrected chi connectivity index (χ4v) is 15.8. The molecule has 1 amide bonds. The highest BCUT2D eigenvalue weighted by Gasteiger charge is 2.56. The Bertz CT molecular complexity index is 1580. The van der Waals surface area contributed by atoms with E-state index in [1.165, 1.54) is 0 Å². The van der Waals surface area contributed by atoms with Gasteiger partial charge < -0.3 is 18.9 Å². The molecule has 0 aliphatic carbocycles. The highest BCUT2D eigenvalue weighted by molar-refractivity contribution is 7.00. The van der Waals surface area contributed by atoms with E-state index in [1.807, 2.05) is 104 Å². The average Bonchev–Trinajstić information content (AvgIpc) is 3.04. The number of nitrogens with one attached hydrogen (secondary N) is 1. The Kier molecular flexibility index (Phi) is 11.5. The molecule has 2 atom stereocenters. The summed E-state index contributed by atoms with van der Waals surface area (Å²) in [5.74, 6) is -0.564. The van der Waals surface area contributed by atoms with Crippen LogP contribution in [-0.2, 0) is 18.4 Å². The average molecular weight is 696 g/mol. The highest BCUT2D eigenvalue weighted by Crippen LogP contribution is 2.39. The Labute approximate surface area is 295 Å². The zero-order valence-electron chi connectivity index (χ0n) is 30.7. The molecule has 0 spiro atoms. The van der Waals surface area contributed by atoms with E-state index in [1.54, 1.807) is 20.8 Å². The number of hydrogen-bond donors (Lipinski definition) is 1. The highest BCUT2D eigenvalue weighted by atomic mass is 28.4. The summed E-state index contributed by atoms with van der Waals surface area (Å²) in [6.45, 7) is 20.1. The molecule has 0 unspecified atom stereocenters. The maximum Gasteiger partial charge on any atom is 0.408 e. The molecule has 6 nitrogen and oxygen atoms in total. The number of ether oxygens (including phenoxy) is 1. The molecule has 0 aromatic heterocycles. The predicted molar refractivity (Wildman–Crippen MR) is 205 cm³/mol. The summed E-state index contributed by atoms with van der Waals surface area (Å²) in [5, 5.41) is 6.13. The van der Waals surface area contributed by atoms with Crippen molar-refractivity contribution in [3.05, 3.63) is 121 Å². The van der Waals surface area contributed by atoms with Gasteiger partial charge in [0.15, 0.2) is 6.04 Å². The lowest BCUT2D eigenvalue weighted by Gasteiger charge is -2.46. The molecule has 0 bridgehead atoms. The van der Waals surface area contributed by atoms with E-state index in [9.17, 15) is 9.59 Å². The van der Waals surface area contributed by atoms with Gasteiger partial charge in [0.2, 0.25) is 0 Å². The maximum absolute atomic E-state index is 15.0. The quantitative estimate of drug-likeness (QED) is 0.182. The lowest BCUT2D eigenvalue weighted by atomic mass is 10.2. The predicted octanol–water partition coefficient (Wildman–Crippen LogP) is 6.95. The summed E-state index contributed by atoms with van der Waals surface area (Å²) in [6, 6.07) is 39.3. The molecular weight excluding hydrogens is 643 g/mol. The lowest BCUT2D eigenvalue weighted by Crippen LogP contribution is -2.71. The van der Waals surface area contributed by atoms with Gasteiger partial charge >= 0.3 is 20.4 Å². The van der Waals surface area contributed by atoms with Crippen molar-refractivity contribution in [1.29, 1.82) is 0 Å². The van der Waals surface area contributed by atoms with E-state index in [4.69, 9.17) is 13.6 Å². The topological polar surface area (TPSA) is 73.9 Å². The first-order valence-electron chi connectivity index (χ1n) is 17.0. The van der Waals surface area contributed by atoms with Gasteiger partial charge in [-0.3, -0.25) is 4.79 Å². The molecule has 0 radical (unpaired) electrons. The van der Waals surface area contributed by atoms with Crippen molar-refractivity contribution in [2.45, 2.75) is 97.1 Å². The fourth-order valence-electron chi connectivity index (χ4n) is 6.70. The third-order valence-electron chi connectivity index (χ3n) is 8.85. The molecule has 260 valence electrons. The molecule has 0 saturated heterocycles. The molecule has 4 aromatic carbocycles. The van der Waals surface area contributed by atoms with Crippen molar-refractivity contribution < 1.29 is 23.2 Å². The molecule has 0 aliphatic heterocycles. The molecule has 49 heavy (non-hydrogen) atoms. The SMILES string of the molecule is C[C@H](O[Si](c1ccccc1)(c1ccccc1)C(C)(C)C)[C@H](NC(=O)OC(C)(C)C)C(=O)O[Si](c1ccccc1)(c1ccccc1)C(C)(C)C. The van der Waals surface area contributed by atoms with E-state index < -0.39 is 51.5 Å². The van der Waals surface area contributed by atoms with Gasteiger partial charge in [-0.05, 0) is 58.5 Å². The fraction of sp³-hybridized carbons (Fsp3) is 0.366. The standard InChI is InChI=1S/C41H53NO5Si2/c1-31(46-48(40(5,6)7,32-23-15-11-16-24-32)33-25-17-12-18-26-33)36(42-38(44)45-39(2,3)4)37(43)47-49(41(8,9)10,34-27-19-13-20-28-34)35-29-21-14-22-30-35/h11-31,36H,1-10H3,(H,42,44)/t31-,36-/m0/s1. The first-order valence-corrected chi connectivity index (χ1v) is 20.9. The minimum absolute atomic E-state index is 0.359. The van der Waals surface area contributed by atoms with Gasteiger partial charge in [0.1, 0.15) is 5.60 Å². The normalized spacial score (nSPS) is 14.0. The Morgan fingerprint density at radius 1 is 0.551 bits per heavy atom. The summed E-state index contributed by atoms with van der Waals surface area (Å²) >= 11 is 0. The number of carbonyl (C=O) groups is 2. The van der Waals surface area contributed by atoms with Gasteiger partial charge in [-0.15, -0.1) is 0 Å². The summed E-state index contributed by atoms with van der Waals surface area (Å²) in [7, 11) is -6.46. The molecule has 4 rings (SSSR count). The maximum atomic E-state index is 15.0. The van der Waals surface area contributed by atoms with Gasteiger partial charge in [-0.25, -0.2) is 4.79 Å². The van der Waals surface area contributed by atoms with E-state index in [0.29, 0.717) is 0 Å². The largest absolute Gasteiger partial charge is 0.508 e. The van der Waals surface area contributed by atoms with Crippen molar-refractivity contribution in [3.8, 4) is 0 Å². The Balaban J connectivity index is 1.90. The van der Waals surface area contributed by atoms with E-state index in [2.05, 4.69) is 71.1 Å². The van der Waals surface area contributed by atoms with Gasteiger partial charge in [0.05, 0.1) is 6.10 Å². The van der Waals surface area contributed by atoms with Crippen LogP contribution in [0.4, 0.5) is 4.79 Å². The van der Waals surface area contributed by atoms with Gasteiger partial charge in [0.25, 0.3) is 8.32 Å². The van der Waals surface area contributed by atoms with Crippen molar-refractivity contribution in [1.82, 2.24) is 5.32 Å². The zero-order valence-corrected chi connectivity index (χ0v) is 32.7. The molecule has 1 N–H and O–H groups in total. The molecule has 0 aliphatic rings. The van der Waals surface area contributed by atoms with Gasteiger partial charge in [0, 0.05) is 0 Å². The van der Waals surface area contributed by atoms with Crippen LogP contribution in [0.2, 0.25) is 10.1 Å². The summed E-state index contributed by atoms with van der Waals surface area (Å²) < 4.78 is 20.1. The first-order chi connectivity index (χ1) is 22.9. The van der Waals surface area contributed by atoms with Crippen LogP contribution < -0.4 is 26.1 Å². The number of benzene rings is 4. The van der Waals surface area contributed by atoms with Crippen LogP contribution in [-0.4, -0.2) is 46.4 Å². The van der Waals surface area contributed by atoms with E-state index >= 15 is 0 Å². The second kappa shape index (κ2) is 14.9. The molecule has 8 heteroatoms. The van der Waals surface area contributed by atoms with Crippen LogP contribution in [0.25, 0.3) is 0 Å². The zero-order chi connectivity index (χ0) is 36.1. The molecule has 4 aromatic rings. The molecule has 0 saturated carbocycles. The van der Waals surface area contributed by atoms with Crippen molar-refractivity contribution in [2.24, 2.45) is 0 Å². The van der Waals surface area contributed by atoms with E-state index in [0.717, 1.165) is 20.7 Å². The molecule has 0 heterocycles. The minimum atomic E-state index is -3.33. The van der Waals surface area contributed by atoms with Crippen molar-refractivity contribution >= 4 is 49.4 Å². The smallest absolute Gasteiger partial charge is 0.408 e. The van der Waals surface area contributed by atoms with Crippen LogP contribution >= 0.6 is 0 Å². The van der Waals surface area contributed by atoms with Gasteiger partial charge in [-0.2, -0.15) is 0 Å². The first kappa shape index (κ1) is 37.8.